The van der Waals surface area contributed by atoms with Crippen LogP contribution in [0.15, 0.2) is 0 Å². The molecule has 1 aromatic rings. The maximum Gasteiger partial charge on any atom is 0.246 e. The molecule has 0 radical (unpaired) electrons. The van der Waals surface area contributed by atoms with E-state index >= 15 is 0 Å². The van der Waals surface area contributed by atoms with Gasteiger partial charge in [-0.05, 0) is 20.3 Å². The number of aromatic nitrogens is 3. The highest BCUT2D eigenvalue weighted by Crippen LogP contribution is 2.12. The van der Waals surface area contributed by atoms with E-state index in [0.717, 1.165) is 13.0 Å². The summed E-state index contributed by atoms with van der Waals surface area (Å²) in [5, 5.41) is 6.66. The normalized spacial score (nSPS) is 12.8. The first-order valence-electron chi connectivity index (χ1n) is 4.63. The van der Waals surface area contributed by atoms with E-state index < -0.39 is 0 Å². The fraction of sp³-hybridized carbons (Fsp3) is 0.750. The lowest BCUT2D eigenvalue weighted by molar-refractivity contribution is 0.616. The molecule has 1 rings (SSSR count). The maximum atomic E-state index is 5.46. The Hall–Kier alpha value is -1.26. The molecule has 1 unspecified atom stereocenters. The number of rotatable bonds is 4. The number of nitrogen functional groups attached to an aromatic ring is 1. The number of H-pyrrole nitrogens is 1. The van der Waals surface area contributed by atoms with Crippen LogP contribution in [0, 0.1) is 0 Å². The van der Waals surface area contributed by atoms with Gasteiger partial charge >= 0.3 is 0 Å². The largest absolute Gasteiger partial charge is 0.368 e. The SMILES string of the molecule is CCC(C)N(CC)c1n[nH]c(N)n1. The van der Waals surface area contributed by atoms with Gasteiger partial charge < -0.3 is 10.6 Å². The third-order valence-corrected chi connectivity index (χ3v) is 2.21. The van der Waals surface area contributed by atoms with Gasteiger partial charge in [0.05, 0.1) is 0 Å². The van der Waals surface area contributed by atoms with Crippen LogP contribution in [0.3, 0.4) is 0 Å². The molecule has 1 atom stereocenters. The van der Waals surface area contributed by atoms with Crippen molar-refractivity contribution in [3.05, 3.63) is 0 Å². The third-order valence-electron chi connectivity index (χ3n) is 2.21. The lowest BCUT2D eigenvalue weighted by Crippen LogP contribution is -2.33. The van der Waals surface area contributed by atoms with Gasteiger partial charge in [0.2, 0.25) is 11.9 Å². The molecular formula is C8H17N5. The molecule has 0 amide bonds. The number of nitrogens with zero attached hydrogens (tertiary/aromatic N) is 3. The van der Waals surface area contributed by atoms with Crippen molar-refractivity contribution >= 4 is 11.9 Å². The lowest BCUT2D eigenvalue weighted by Gasteiger charge is -2.25. The third kappa shape index (κ3) is 2.11. The van der Waals surface area contributed by atoms with Crippen molar-refractivity contribution in [1.82, 2.24) is 15.2 Å². The number of anilines is 2. The average molecular weight is 183 g/mol. The molecule has 0 bridgehead atoms. The highest BCUT2D eigenvalue weighted by atomic mass is 15.4. The Balaban J connectivity index is 2.77. The molecule has 0 spiro atoms. The van der Waals surface area contributed by atoms with Crippen molar-refractivity contribution in [1.29, 1.82) is 0 Å². The maximum absolute atomic E-state index is 5.46. The number of nitrogens with one attached hydrogen (secondary N) is 1. The molecule has 0 fully saturated rings. The molecule has 0 aliphatic carbocycles. The number of nitrogens with two attached hydrogens (primary N) is 1. The van der Waals surface area contributed by atoms with E-state index in [-0.39, 0.29) is 0 Å². The molecule has 5 heteroatoms. The quantitative estimate of drug-likeness (QED) is 0.731. The van der Waals surface area contributed by atoms with Gasteiger partial charge in [0.25, 0.3) is 0 Å². The standard InChI is InChI=1S/C8H17N5/c1-4-6(3)13(5-2)8-10-7(9)11-12-8/h6H,4-5H2,1-3H3,(H3,9,10,11,12). The van der Waals surface area contributed by atoms with E-state index in [1.54, 1.807) is 0 Å². The monoisotopic (exact) mass is 183 g/mol. The van der Waals surface area contributed by atoms with E-state index in [4.69, 9.17) is 5.73 Å². The summed E-state index contributed by atoms with van der Waals surface area (Å²) in [5.41, 5.74) is 5.46. The van der Waals surface area contributed by atoms with Crippen LogP contribution in [0.4, 0.5) is 11.9 Å². The van der Waals surface area contributed by atoms with Crippen LogP contribution in [0.1, 0.15) is 27.2 Å². The Morgan fingerprint density at radius 3 is 2.62 bits per heavy atom. The summed E-state index contributed by atoms with van der Waals surface area (Å²) in [7, 11) is 0. The smallest absolute Gasteiger partial charge is 0.246 e. The summed E-state index contributed by atoms with van der Waals surface area (Å²) in [6.45, 7) is 7.27. The molecular weight excluding hydrogens is 166 g/mol. The Morgan fingerprint density at radius 2 is 2.23 bits per heavy atom. The molecule has 74 valence electrons. The van der Waals surface area contributed by atoms with E-state index in [0.29, 0.717) is 17.9 Å². The highest BCUT2D eigenvalue weighted by Gasteiger charge is 2.14. The summed E-state index contributed by atoms with van der Waals surface area (Å²) in [5.74, 6) is 1.06. The van der Waals surface area contributed by atoms with E-state index in [1.807, 2.05) is 0 Å². The van der Waals surface area contributed by atoms with Crippen molar-refractivity contribution in [2.45, 2.75) is 33.2 Å². The zero-order valence-corrected chi connectivity index (χ0v) is 8.41. The first kappa shape index (κ1) is 9.83. The number of aromatic amines is 1. The van der Waals surface area contributed by atoms with E-state index in [2.05, 4.69) is 40.9 Å². The van der Waals surface area contributed by atoms with Crippen LogP contribution in [0.5, 0.6) is 0 Å². The highest BCUT2D eigenvalue weighted by molar-refractivity contribution is 5.34. The Bertz CT molecular complexity index is 257. The zero-order chi connectivity index (χ0) is 9.84. The van der Waals surface area contributed by atoms with Crippen LogP contribution in [0.2, 0.25) is 0 Å². The van der Waals surface area contributed by atoms with Gasteiger partial charge in [-0.15, -0.1) is 5.10 Å². The molecule has 0 aliphatic rings. The van der Waals surface area contributed by atoms with Gasteiger partial charge in [-0.3, -0.25) is 0 Å². The summed E-state index contributed by atoms with van der Waals surface area (Å²) in [6.07, 6.45) is 1.07. The van der Waals surface area contributed by atoms with Crippen LogP contribution in [-0.4, -0.2) is 27.8 Å². The number of hydrogen-bond acceptors (Lipinski definition) is 4. The van der Waals surface area contributed by atoms with Crippen molar-refractivity contribution in [3.63, 3.8) is 0 Å². The van der Waals surface area contributed by atoms with Crippen molar-refractivity contribution < 1.29 is 0 Å². The van der Waals surface area contributed by atoms with Gasteiger partial charge in [0, 0.05) is 12.6 Å². The minimum atomic E-state index is 0.372. The fourth-order valence-electron chi connectivity index (χ4n) is 1.26. The molecule has 13 heavy (non-hydrogen) atoms. The molecule has 0 aliphatic heterocycles. The second kappa shape index (κ2) is 4.11. The average Bonchev–Trinajstić information content (AvgIpc) is 2.53. The van der Waals surface area contributed by atoms with Crippen LogP contribution < -0.4 is 10.6 Å². The van der Waals surface area contributed by atoms with Crippen LogP contribution in [-0.2, 0) is 0 Å². The minimum Gasteiger partial charge on any atom is -0.368 e. The molecule has 0 aromatic carbocycles. The Kier molecular flexibility index (Phi) is 3.11. The predicted octanol–water partition coefficient (Wildman–Crippen LogP) is 1.01. The van der Waals surface area contributed by atoms with Gasteiger partial charge in [-0.25, -0.2) is 5.10 Å². The summed E-state index contributed by atoms with van der Waals surface area (Å²) in [6, 6.07) is 0.445. The molecule has 5 nitrogen and oxygen atoms in total. The summed E-state index contributed by atoms with van der Waals surface area (Å²) in [4.78, 5) is 6.21. The van der Waals surface area contributed by atoms with E-state index in [1.165, 1.54) is 0 Å². The summed E-state index contributed by atoms with van der Waals surface area (Å²) >= 11 is 0. The van der Waals surface area contributed by atoms with Crippen molar-refractivity contribution in [2.75, 3.05) is 17.2 Å². The van der Waals surface area contributed by atoms with E-state index in [9.17, 15) is 0 Å². The minimum absolute atomic E-state index is 0.372. The second-order valence-electron chi connectivity index (χ2n) is 3.06. The topological polar surface area (TPSA) is 70.8 Å². The van der Waals surface area contributed by atoms with Gasteiger partial charge in [-0.1, -0.05) is 6.92 Å². The second-order valence-corrected chi connectivity index (χ2v) is 3.06. The van der Waals surface area contributed by atoms with Crippen LogP contribution in [0.25, 0.3) is 0 Å². The Morgan fingerprint density at radius 1 is 1.54 bits per heavy atom. The van der Waals surface area contributed by atoms with Crippen molar-refractivity contribution in [2.24, 2.45) is 0 Å². The summed E-state index contributed by atoms with van der Waals surface area (Å²) < 4.78 is 0. The molecule has 1 aromatic heterocycles. The number of hydrogen-bond donors (Lipinski definition) is 2. The Labute approximate surface area is 78.3 Å². The first-order valence-corrected chi connectivity index (χ1v) is 4.63. The van der Waals surface area contributed by atoms with Crippen molar-refractivity contribution in [3.8, 4) is 0 Å². The first-order chi connectivity index (χ1) is 6.19. The zero-order valence-electron chi connectivity index (χ0n) is 8.41. The van der Waals surface area contributed by atoms with Gasteiger partial charge in [-0.2, -0.15) is 4.98 Å². The van der Waals surface area contributed by atoms with Crippen LogP contribution >= 0.6 is 0 Å². The van der Waals surface area contributed by atoms with Gasteiger partial charge in [0.1, 0.15) is 0 Å². The fourth-order valence-corrected chi connectivity index (χ4v) is 1.26. The molecule has 0 saturated carbocycles. The molecule has 1 heterocycles. The predicted molar refractivity (Wildman–Crippen MR) is 53.6 cm³/mol. The molecule has 0 saturated heterocycles. The lowest BCUT2D eigenvalue weighted by atomic mass is 10.2. The molecule has 3 N–H and O–H groups in total. The van der Waals surface area contributed by atoms with Gasteiger partial charge in [0.15, 0.2) is 0 Å².